The van der Waals surface area contributed by atoms with Gasteiger partial charge in [0.15, 0.2) is 0 Å². The van der Waals surface area contributed by atoms with Gasteiger partial charge in [-0.15, -0.1) is 23.1 Å². The summed E-state index contributed by atoms with van der Waals surface area (Å²) in [6, 6.07) is 9.91. The minimum atomic E-state index is 0.602. The van der Waals surface area contributed by atoms with Crippen molar-refractivity contribution in [2.24, 2.45) is 0 Å². The molecule has 0 nitrogen and oxygen atoms in total. The maximum Gasteiger partial charge on any atom is 0.0701 e. The molecule has 16 heavy (non-hydrogen) atoms. The molecular weight excluding hydrogens is 347 g/mol. The van der Waals surface area contributed by atoms with Gasteiger partial charge in [0.2, 0.25) is 0 Å². The van der Waals surface area contributed by atoms with Crippen molar-refractivity contribution in [1.29, 1.82) is 0 Å². The Balaban J connectivity index is 2.02. The van der Waals surface area contributed by atoms with Crippen LogP contribution >= 0.6 is 62.2 Å². The summed E-state index contributed by atoms with van der Waals surface area (Å²) in [7, 11) is 0. The van der Waals surface area contributed by atoms with Gasteiger partial charge in [-0.2, -0.15) is 0 Å². The Bertz CT molecular complexity index is 496. The smallest absolute Gasteiger partial charge is 0.0701 e. The van der Waals surface area contributed by atoms with E-state index in [1.54, 1.807) is 23.1 Å². The van der Waals surface area contributed by atoms with Gasteiger partial charge in [0, 0.05) is 15.5 Å². The maximum absolute atomic E-state index is 5.95. The highest BCUT2D eigenvalue weighted by Crippen LogP contribution is 2.32. The van der Waals surface area contributed by atoms with E-state index in [1.807, 2.05) is 18.2 Å². The summed E-state index contributed by atoms with van der Waals surface area (Å²) in [4.78, 5) is 2.47. The topological polar surface area (TPSA) is 0 Å². The van der Waals surface area contributed by atoms with E-state index in [-0.39, 0.29) is 0 Å². The summed E-state index contributed by atoms with van der Waals surface area (Å²) in [5.41, 5.74) is 0. The molecule has 0 aliphatic heterocycles. The lowest BCUT2D eigenvalue weighted by atomic mass is 10.4. The molecule has 84 valence electrons. The Morgan fingerprint density at radius 2 is 1.94 bits per heavy atom. The molecule has 0 bridgehead atoms. The summed E-state index contributed by atoms with van der Waals surface area (Å²) in [5, 5.41) is 1.21. The van der Waals surface area contributed by atoms with Gasteiger partial charge < -0.3 is 0 Å². The number of benzene rings is 1. The molecular formula is C11H7BrCl2S2. The Labute approximate surface area is 121 Å². The van der Waals surface area contributed by atoms with E-state index in [2.05, 4.69) is 28.1 Å². The number of halogens is 3. The molecule has 0 spiro atoms. The zero-order chi connectivity index (χ0) is 11.5. The van der Waals surface area contributed by atoms with Gasteiger partial charge in [0.25, 0.3) is 0 Å². The molecule has 0 radical (unpaired) electrons. The van der Waals surface area contributed by atoms with Crippen LogP contribution in [-0.2, 0) is 5.75 Å². The minimum absolute atomic E-state index is 0.602. The highest BCUT2D eigenvalue weighted by atomic mass is 79.9. The van der Waals surface area contributed by atoms with Crippen LogP contribution in [0.1, 0.15) is 4.88 Å². The summed E-state index contributed by atoms with van der Waals surface area (Å²) in [6.07, 6.45) is 0. The Kier molecular flexibility index (Phi) is 4.62. The van der Waals surface area contributed by atoms with Crippen molar-refractivity contribution in [1.82, 2.24) is 0 Å². The van der Waals surface area contributed by atoms with Crippen molar-refractivity contribution in [2.75, 3.05) is 0 Å². The zero-order valence-corrected chi connectivity index (χ0v) is 12.8. The molecule has 2 rings (SSSR count). The van der Waals surface area contributed by atoms with Gasteiger partial charge in [-0.05, 0) is 46.3 Å². The first-order chi connectivity index (χ1) is 7.65. The van der Waals surface area contributed by atoms with E-state index in [0.717, 1.165) is 14.4 Å². The quantitative estimate of drug-likeness (QED) is 0.600. The predicted octanol–water partition coefficient (Wildman–Crippen LogP) is 6.11. The van der Waals surface area contributed by atoms with Crippen LogP contribution in [-0.4, -0.2) is 0 Å². The molecule has 1 aromatic carbocycles. The fourth-order valence-electron chi connectivity index (χ4n) is 1.15. The highest BCUT2D eigenvalue weighted by Gasteiger charge is 2.02. The molecule has 0 unspecified atom stereocenters. The van der Waals surface area contributed by atoms with Crippen LogP contribution < -0.4 is 0 Å². The summed E-state index contributed by atoms with van der Waals surface area (Å²) in [5.74, 6) is 0.953. The number of rotatable bonds is 3. The Hall–Kier alpha value is 0.330. The molecule has 0 N–H and O–H groups in total. The predicted molar refractivity (Wildman–Crippen MR) is 78.0 cm³/mol. The second-order valence-corrected chi connectivity index (χ2v) is 7.48. The normalized spacial score (nSPS) is 10.7. The van der Waals surface area contributed by atoms with Crippen LogP contribution in [0.5, 0.6) is 0 Å². The van der Waals surface area contributed by atoms with Gasteiger partial charge in [-0.3, -0.25) is 0 Å². The van der Waals surface area contributed by atoms with E-state index in [0.29, 0.717) is 10.0 Å². The van der Waals surface area contributed by atoms with Crippen LogP contribution in [0.25, 0.3) is 0 Å². The fourth-order valence-corrected chi connectivity index (χ4v) is 3.97. The second kappa shape index (κ2) is 5.78. The van der Waals surface area contributed by atoms with Gasteiger partial charge in [-0.1, -0.05) is 23.2 Å². The molecule has 0 amide bonds. The molecule has 0 aliphatic rings. The van der Waals surface area contributed by atoms with Gasteiger partial charge in [0.05, 0.1) is 13.8 Å². The van der Waals surface area contributed by atoms with Crippen LogP contribution in [0.15, 0.2) is 39.0 Å². The van der Waals surface area contributed by atoms with Gasteiger partial charge in [0.1, 0.15) is 0 Å². The number of thioether (sulfide) groups is 1. The molecule has 0 saturated carbocycles. The van der Waals surface area contributed by atoms with Crippen molar-refractivity contribution >= 4 is 62.2 Å². The van der Waals surface area contributed by atoms with Crippen molar-refractivity contribution < 1.29 is 0 Å². The lowest BCUT2D eigenvalue weighted by molar-refractivity contribution is 1.43. The minimum Gasteiger partial charge on any atom is -0.132 e. The summed E-state index contributed by atoms with van der Waals surface area (Å²) in [6.45, 7) is 0. The van der Waals surface area contributed by atoms with Crippen molar-refractivity contribution in [3.8, 4) is 0 Å². The largest absolute Gasteiger partial charge is 0.132 e. The fraction of sp³-hybridized carbons (Fsp3) is 0.0909. The molecule has 0 fully saturated rings. The SMILES string of the molecule is Clc1ccc(SCc2ccc(Br)s2)cc1Cl. The van der Waals surface area contributed by atoms with E-state index >= 15 is 0 Å². The summed E-state index contributed by atoms with van der Waals surface area (Å²) < 4.78 is 1.16. The Morgan fingerprint density at radius 1 is 1.12 bits per heavy atom. The first-order valence-electron chi connectivity index (χ1n) is 4.47. The van der Waals surface area contributed by atoms with Crippen molar-refractivity contribution in [2.45, 2.75) is 10.6 Å². The second-order valence-electron chi connectivity index (χ2n) is 3.07. The lowest BCUT2D eigenvalue weighted by Crippen LogP contribution is -1.76. The molecule has 1 heterocycles. The first kappa shape index (κ1) is 12.8. The standard InChI is InChI=1S/C11H7BrCl2S2/c12-11-4-2-8(16-11)6-15-7-1-3-9(13)10(14)5-7/h1-5H,6H2. The molecule has 0 aliphatic carbocycles. The third kappa shape index (κ3) is 3.41. The highest BCUT2D eigenvalue weighted by molar-refractivity contribution is 9.11. The molecule has 2 aromatic rings. The van der Waals surface area contributed by atoms with Gasteiger partial charge >= 0.3 is 0 Å². The van der Waals surface area contributed by atoms with Crippen LogP contribution in [0.2, 0.25) is 10.0 Å². The van der Waals surface area contributed by atoms with E-state index in [4.69, 9.17) is 23.2 Å². The third-order valence-electron chi connectivity index (χ3n) is 1.90. The van der Waals surface area contributed by atoms with E-state index < -0.39 is 0 Å². The molecule has 0 atom stereocenters. The first-order valence-corrected chi connectivity index (χ1v) is 7.82. The monoisotopic (exact) mass is 352 g/mol. The van der Waals surface area contributed by atoms with Crippen LogP contribution in [0.3, 0.4) is 0 Å². The third-order valence-corrected chi connectivity index (χ3v) is 5.49. The van der Waals surface area contributed by atoms with Crippen molar-refractivity contribution in [3.63, 3.8) is 0 Å². The molecule has 5 heteroatoms. The van der Waals surface area contributed by atoms with Crippen molar-refractivity contribution in [3.05, 3.63) is 49.0 Å². The van der Waals surface area contributed by atoms with Crippen LogP contribution in [0, 0.1) is 0 Å². The van der Waals surface area contributed by atoms with Gasteiger partial charge in [-0.25, -0.2) is 0 Å². The number of hydrogen-bond acceptors (Lipinski definition) is 2. The lowest BCUT2D eigenvalue weighted by Gasteiger charge is -2.01. The van der Waals surface area contributed by atoms with Crippen LogP contribution in [0.4, 0.5) is 0 Å². The van der Waals surface area contributed by atoms with E-state index in [9.17, 15) is 0 Å². The summed E-state index contributed by atoms with van der Waals surface area (Å²) >= 11 is 18.8. The Morgan fingerprint density at radius 3 is 2.56 bits per heavy atom. The molecule has 0 saturated heterocycles. The average Bonchev–Trinajstić information content (AvgIpc) is 2.66. The maximum atomic E-state index is 5.95. The van der Waals surface area contributed by atoms with E-state index in [1.165, 1.54) is 4.88 Å². The number of hydrogen-bond donors (Lipinski definition) is 0. The average molecular weight is 354 g/mol. The zero-order valence-electron chi connectivity index (χ0n) is 8.04. The number of thiophene rings is 1. The molecule has 1 aromatic heterocycles.